The predicted octanol–water partition coefficient (Wildman–Crippen LogP) is 13.6. The Morgan fingerprint density at radius 2 is 1.14 bits per heavy atom. The number of rotatable bonds is 7. The fourth-order valence-corrected chi connectivity index (χ4v) is 9.17. The molecule has 0 aliphatic carbocycles. The lowest BCUT2D eigenvalue weighted by atomic mass is 9.96. The topological polar surface area (TPSA) is 53.1 Å². The lowest BCUT2D eigenvalue weighted by Crippen LogP contribution is -2.33. The van der Waals surface area contributed by atoms with Crippen molar-refractivity contribution in [2.75, 3.05) is 4.90 Å². The number of amidine groups is 2. The number of benzene rings is 8. The first-order chi connectivity index (χ1) is 28.2. The molecule has 0 spiro atoms. The van der Waals surface area contributed by atoms with E-state index in [0.29, 0.717) is 5.84 Å². The molecule has 270 valence electrons. The number of hydrogen-bond acceptors (Lipinski definition) is 6. The summed E-state index contributed by atoms with van der Waals surface area (Å²) >= 11 is 1.84. The number of thiophene rings is 1. The van der Waals surface area contributed by atoms with Gasteiger partial charge in [0.15, 0.2) is 5.84 Å². The minimum absolute atomic E-state index is 0.312. The fraction of sp³-hybridized carbons (Fsp3) is 0.0196. The van der Waals surface area contributed by atoms with Gasteiger partial charge in [0.05, 0.1) is 5.56 Å². The number of furan rings is 1. The second-order valence-electron chi connectivity index (χ2n) is 14.2. The van der Waals surface area contributed by atoms with E-state index in [0.717, 1.165) is 72.7 Å². The number of para-hydroxylation sites is 2. The molecule has 0 saturated heterocycles. The number of nitrogens with one attached hydrogen (secondary N) is 1. The molecule has 2 aromatic heterocycles. The van der Waals surface area contributed by atoms with Gasteiger partial charge in [-0.1, -0.05) is 140 Å². The van der Waals surface area contributed by atoms with Crippen LogP contribution in [-0.2, 0) is 0 Å². The first-order valence-electron chi connectivity index (χ1n) is 19.1. The molecule has 0 bridgehead atoms. The highest BCUT2D eigenvalue weighted by Crippen LogP contribution is 2.43. The predicted molar refractivity (Wildman–Crippen MR) is 239 cm³/mol. The molecule has 1 aliphatic rings. The van der Waals surface area contributed by atoms with E-state index < -0.39 is 0 Å². The van der Waals surface area contributed by atoms with Crippen LogP contribution >= 0.6 is 11.3 Å². The zero-order chi connectivity index (χ0) is 37.7. The molecule has 1 atom stereocenters. The van der Waals surface area contributed by atoms with Crippen molar-refractivity contribution >= 4 is 82.2 Å². The van der Waals surface area contributed by atoms with Crippen LogP contribution in [0.4, 0.5) is 17.1 Å². The molecule has 0 amide bonds. The highest BCUT2D eigenvalue weighted by molar-refractivity contribution is 7.25. The Kier molecular flexibility index (Phi) is 8.00. The first kappa shape index (κ1) is 33.1. The van der Waals surface area contributed by atoms with Gasteiger partial charge in [0, 0.05) is 53.6 Å². The van der Waals surface area contributed by atoms with Crippen molar-refractivity contribution in [1.29, 1.82) is 0 Å². The van der Waals surface area contributed by atoms with E-state index in [1.165, 1.54) is 20.2 Å². The molecule has 3 heterocycles. The Labute approximate surface area is 333 Å². The number of nitrogens with zero attached hydrogens (tertiary/aromatic N) is 3. The van der Waals surface area contributed by atoms with Crippen molar-refractivity contribution in [3.8, 4) is 11.1 Å². The highest BCUT2D eigenvalue weighted by atomic mass is 32.1. The second-order valence-corrected chi connectivity index (χ2v) is 15.3. The zero-order valence-electron chi connectivity index (χ0n) is 30.7. The average molecular weight is 751 g/mol. The van der Waals surface area contributed by atoms with Crippen molar-refractivity contribution in [3.05, 3.63) is 211 Å². The highest BCUT2D eigenvalue weighted by Gasteiger charge is 2.25. The molecule has 1 unspecified atom stereocenters. The molecule has 1 aliphatic heterocycles. The van der Waals surface area contributed by atoms with Crippen molar-refractivity contribution in [3.63, 3.8) is 0 Å². The molecule has 0 radical (unpaired) electrons. The molecule has 8 aromatic carbocycles. The maximum Gasteiger partial charge on any atom is 0.163 e. The van der Waals surface area contributed by atoms with Crippen LogP contribution in [0.3, 0.4) is 0 Å². The summed E-state index contributed by atoms with van der Waals surface area (Å²) in [7, 11) is 0. The van der Waals surface area contributed by atoms with Crippen molar-refractivity contribution < 1.29 is 4.42 Å². The summed E-state index contributed by atoms with van der Waals surface area (Å²) in [5, 5.41) is 8.26. The SMILES string of the molecule is c1ccc(C2=NC(c3ccc(-c4ccc(N(c5ccccc5)c5ccc6c(c5)sc5ccccc56)cc4)c4c3oc3ccccc34)=NC(c3ccccc3)N2)cc1. The average Bonchev–Trinajstić information content (AvgIpc) is 3.86. The normalized spacial score (nSPS) is 14.1. The molecule has 1 N–H and O–H groups in total. The third-order valence-corrected chi connectivity index (χ3v) is 11.9. The Balaban J connectivity index is 1.03. The molecule has 0 saturated carbocycles. The van der Waals surface area contributed by atoms with Crippen LogP contribution < -0.4 is 10.2 Å². The number of anilines is 3. The molecule has 10 aromatic rings. The molecule has 57 heavy (non-hydrogen) atoms. The Morgan fingerprint density at radius 1 is 0.509 bits per heavy atom. The molecule has 5 nitrogen and oxygen atoms in total. The van der Waals surface area contributed by atoms with Crippen LogP contribution in [0.25, 0.3) is 53.2 Å². The molecule has 0 fully saturated rings. The van der Waals surface area contributed by atoms with Crippen LogP contribution in [0, 0.1) is 0 Å². The summed E-state index contributed by atoms with van der Waals surface area (Å²) in [5.74, 6) is 1.40. The van der Waals surface area contributed by atoms with Gasteiger partial charge >= 0.3 is 0 Å². The largest absolute Gasteiger partial charge is 0.455 e. The lowest BCUT2D eigenvalue weighted by Gasteiger charge is -2.26. The van der Waals surface area contributed by atoms with Crippen LogP contribution in [0.5, 0.6) is 0 Å². The van der Waals surface area contributed by atoms with Crippen molar-refractivity contribution in [2.45, 2.75) is 6.17 Å². The van der Waals surface area contributed by atoms with Gasteiger partial charge in [0.2, 0.25) is 0 Å². The number of hydrogen-bond donors (Lipinski definition) is 1. The van der Waals surface area contributed by atoms with Gasteiger partial charge in [-0.25, -0.2) is 9.98 Å². The first-order valence-corrected chi connectivity index (χ1v) is 19.9. The second kappa shape index (κ2) is 13.8. The van der Waals surface area contributed by atoms with E-state index in [1.54, 1.807) is 0 Å². The van der Waals surface area contributed by atoms with Crippen molar-refractivity contribution in [1.82, 2.24) is 5.32 Å². The van der Waals surface area contributed by atoms with Crippen LogP contribution in [-0.4, -0.2) is 11.7 Å². The number of aliphatic imine (C=N–C) groups is 2. The van der Waals surface area contributed by atoms with E-state index in [1.807, 2.05) is 59.9 Å². The van der Waals surface area contributed by atoms with E-state index in [4.69, 9.17) is 14.4 Å². The van der Waals surface area contributed by atoms with Gasteiger partial charge in [0.1, 0.15) is 23.2 Å². The Hall–Kier alpha value is -7.28. The van der Waals surface area contributed by atoms with Gasteiger partial charge in [-0.2, -0.15) is 0 Å². The standard InChI is InChI=1S/C51H34N4OS/c1-4-14-34(15-5-1)49-52-50(35-16-6-2-7-17-35)54-51(53-49)43-31-30-39(47-42-21-10-12-22-44(42)56-48(43)47)33-24-26-37(27-25-33)55(36-18-8-3-9-19-36)38-28-29-41-40-20-11-13-23-45(40)57-46(41)32-38/h1-32,49H,(H,52,53,54). The van der Waals surface area contributed by atoms with E-state index in [2.05, 4.69) is 156 Å². The summed E-state index contributed by atoms with van der Waals surface area (Å²) in [6, 6.07) is 68.0. The van der Waals surface area contributed by atoms with Gasteiger partial charge < -0.3 is 14.6 Å². The molecular formula is C51H34N4OS. The molecular weight excluding hydrogens is 717 g/mol. The minimum atomic E-state index is -0.312. The smallest absolute Gasteiger partial charge is 0.163 e. The van der Waals surface area contributed by atoms with Gasteiger partial charge in [-0.3, -0.25) is 0 Å². The summed E-state index contributed by atoms with van der Waals surface area (Å²) in [6.45, 7) is 0. The summed E-state index contributed by atoms with van der Waals surface area (Å²) < 4.78 is 9.31. The van der Waals surface area contributed by atoms with Gasteiger partial charge in [-0.05, 0) is 71.3 Å². The van der Waals surface area contributed by atoms with Crippen LogP contribution in [0.1, 0.15) is 22.9 Å². The monoisotopic (exact) mass is 750 g/mol. The molecule has 11 rings (SSSR count). The summed E-state index contributed by atoms with van der Waals surface area (Å²) in [4.78, 5) is 12.7. The van der Waals surface area contributed by atoms with Gasteiger partial charge in [-0.15, -0.1) is 11.3 Å². The lowest BCUT2D eigenvalue weighted by molar-refractivity contribution is 0.663. The van der Waals surface area contributed by atoms with Crippen LogP contribution in [0.15, 0.2) is 209 Å². The zero-order valence-corrected chi connectivity index (χ0v) is 31.5. The van der Waals surface area contributed by atoms with Crippen molar-refractivity contribution in [2.24, 2.45) is 9.98 Å². The maximum absolute atomic E-state index is 6.74. The summed E-state index contributed by atoms with van der Waals surface area (Å²) in [5.41, 5.74) is 9.98. The van der Waals surface area contributed by atoms with E-state index in [9.17, 15) is 0 Å². The third kappa shape index (κ3) is 5.86. The molecule has 6 heteroatoms. The van der Waals surface area contributed by atoms with Gasteiger partial charge in [0.25, 0.3) is 0 Å². The Bertz CT molecular complexity index is 3150. The van der Waals surface area contributed by atoms with E-state index in [-0.39, 0.29) is 6.17 Å². The fourth-order valence-electron chi connectivity index (χ4n) is 8.03. The quantitative estimate of drug-likeness (QED) is 0.176. The van der Waals surface area contributed by atoms with Crippen LogP contribution in [0.2, 0.25) is 0 Å². The Morgan fingerprint density at radius 3 is 1.95 bits per heavy atom. The third-order valence-electron chi connectivity index (χ3n) is 10.7. The summed E-state index contributed by atoms with van der Waals surface area (Å²) in [6.07, 6.45) is -0.312. The number of fused-ring (bicyclic) bond motifs is 6. The van der Waals surface area contributed by atoms with E-state index >= 15 is 0 Å². The maximum atomic E-state index is 6.74. The minimum Gasteiger partial charge on any atom is -0.455 e.